The van der Waals surface area contributed by atoms with Gasteiger partial charge in [0.2, 0.25) is 0 Å². The number of nitro groups is 1. The Bertz CT molecular complexity index is 678. The Kier molecular flexibility index (Phi) is 5.13. The first-order chi connectivity index (χ1) is 12.7. The van der Waals surface area contributed by atoms with Gasteiger partial charge in [-0.3, -0.25) is 10.1 Å². The van der Waals surface area contributed by atoms with Crippen molar-refractivity contribution in [3.8, 4) is 0 Å². The predicted octanol–water partition coefficient (Wildman–Crippen LogP) is 2.14. The molecule has 142 valence electrons. The second-order valence-electron chi connectivity index (χ2n) is 7.47. The molecule has 1 aromatic heterocycles. The first-order valence-corrected chi connectivity index (χ1v) is 10.5. The second kappa shape index (κ2) is 7.52. The van der Waals surface area contributed by atoms with Crippen LogP contribution in [-0.2, 0) is 12.3 Å². The minimum Gasteiger partial charge on any atom is -0.464 e. The van der Waals surface area contributed by atoms with Gasteiger partial charge >= 0.3 is 0 Å². The highest BCUT2D eigenvalue weighted by Gasteiger charge is 2.68. The first-order valence-electron chi connectivity index (χ1n) is 9.31. The summed E-state index contributed by atoms with van der Waals surface area (Å²) in [5, 5.41) is 20.0. The van der Waals surface area contributed by atoms with Crippen molar-refractivity contribution in [1.29, 1.82) is 0 Å². The molecule has 4 bridgehead atoms. The molecule has 4 saturated carbocycles. The van der Waals surface area contributed by atoms with Gasteiger partial charge in [-0.2, -0.15) is 11.8 Å². The molecule has 0 amide bonds. The summed E-state index contributed by atoms with van der Waals surface area (Å²) in [6.45, 7) is 1.49. The summed E-state index contributed by atoms with van der Waals surface area (Å²) in [5.41, 5.74) is 0. The molecule has 0 radical (unpaired) electrons. The fourth-order valence-corrected chi connectivity index (χ4v) is 5.67. The molecule has 8 heteroatoms. The smallest absolute Gasteiger partial charge is 0.274 e. The Hall–Kier alpha value is -1.67. The van der Waals surface area contributed by atoms with Gasteiger partial charge in [-0.25, -0.2) is 0 Å². The number of furan rings is 1. The predicted molar refractivity (Wildman–Crippen MR) is 101 cm³/mol. The Morgan fingerprint density at radius 2 is 2.15 bits per heavy atom. The summed E-state index contributed by atoms with van der Waals surface area (Å²) < 4.78 is 5.93. The van der Waals surface area contributed by atoms with Crippen molar-refractivity contribution < 1.29 is 9.34 Å². The maximum absolute atomic E-state index is 10.4. The fraction of sp³-hybridized carbons (Fsp3) is 0.667. The molecular formula is C18H26N4O3S. The van der Waals surface area contributed by atoms with E-state index < -0.39 is 4.92 Å². The molecule has 4 aliphatic carbocycles. The highest BCUT2D eigenvalue weighted by Crippen LogP contribution is 2.70. The molecule has 3 unspecified atom stereocenters. The van der Waals surface area contributed by atoms with E-state index in [0.29, 0.717) is 12.4 Å². The van der Waals surface area contributed by atoms with E-state index in [0.717, 1.165) is 65.5 Å². The standard InChI is InChI=1S/C18H26N4O3S/c1-19-16(9-22(23)24)20-4-5-26-10-13-3-2-12(25-13)8-21-18-11-6-14-15(7-11)17(14)18/h2-3,9,11,14-15,17-21H,4-8,10H2,1H3. The molecule has 1 aromatic rings. The Morgan fingerprint density at radius 1 is 1.38 bits per heavy atom. The molecule has 0 aliphatic heterocycles. The van der Waals surface area contributed by atoms with Gasteiger partial charge in [0.15, 0.2) is 5.82 Å². The van der Waals surface area contributed by atoms with E-state index >= 15 is 0 Å². The SMILES string of the molecule is CNC(=C[N+](=O)[O-])NCCSCc1ccc(CNC2C3CC4C(C3)C42)o1. The number of nitrogens with zero attached hydrogens (tertiary/aromatic N) is 1. The van der Waals surface area contributed by atoms with Crippen molar-refractivity contribution in [2.75, 3.05) is 19.3 Å². The van der Waals surface area contributed by atoms with E-state index in [9.17, 15) is 10.1 Å². The molecule has 0 aromatic carbocycles. The van der Waals surface area contributed by atoms with Crippen LogP contribution in [0.5, 0.6) is 0 Å². The maximum Gasteiger partial charge on any atom is 0.274 e. The lowest BCUT2D eigenvalue weighted by molar-refractivity contribution is -0.404. The lowest BCUT2D eigenvalue weighted by Crippen LogP contribution is -2.31. The summed E-state index contributed by atoms with van der Waals surface area (Å²) in [7, 11) is 1.66. The molecule has 0 spiro atoms. The largest absolute Gasteiger partial charge is 0.464 e. The van der Waals surface area contributed by atoms with Crippen LogP contribution in [0.1, 0.15) is 24.4 Å². The van der Waals surface area contributed by atoms with E-state index in [2.05, 4.69) is 28.1 Å². The maximum atomic E-state index is 10.4. The minimum atomic E-state index is -0.470. The average Bonchev–Trinajstić information content (AvgIpc) is 3.13. The van der Waals surface area contributed by atoms with Gasteiger partial charge in [0.05, 0.1) is 17.2 Å². The van der Waals surface area contributed by atoms with Crippen molar-refractivity contribution in [2.45, 2.75) is 31.2 Å². The van der Waals surface area contributed by atoms with Crippen molar-refractivity contribution in [3.05, 3.63) is 45.8 Å². The van der Waals surface area contributed by atoms with Crippen molar-refractivity contribution >= 4 is 11.8 Å². The van der Waals surface area contributed by atoms with E-state index in [1.807, 2.05) is 0 Å². The van der Waals surface area contributed by atoms with Crippen LogP contribution in [0.4, 0.5) is 0 Å². The Balaban J connectivity index is 1.12. The van der Waals surface area contributed by atoms with E-state index in [-0.39, 0.29) is 0 Å². The monoisotopic (exact) mass is 378 g/mol. The summed E-state index contributed by atoms with van der Waals surface area (Å²) in [6, 6.07) is 4.86. The third-order valence-electron chi connectivity index (χ3n) is 6.01. The summed E-state index contributed by atoms with van der Waals surface area (Å²) >= 11 is 1.75. The highest BCUT2D eigenvalue weighted by atomic mass is 32.2. The zero-order valence-electron chi connectivity index (χ0n) is 14.9. The van der Waals surface area contributed by atoms with Crippen molar-refractivity contribution in [1.82, 2.24) is 16.0 Å². The lowest BCUT2D eigenvalue weighted by Gasteiger charge is -2.15. The Labute approximate surface area is 157 Å². The van der Waals surface area contributed by atoms with Crippen LogP contribution in [0.2, 0.25) is 0 Å². The number of nitrogens with one attached hydrogen (secondary N) is 3. The number of hydrogen-bond donors (Lipinski definition) is 3. The van der Waals surface area contributed by atoms with Crippen LogP contribution >= 0.6 is 11.8 Å². The molecule has 4 fully saturated rings. The van der Waals surface area contributed by atoms with Crippen LogP contribution in [0.15, 0.2) is 28.6 Å². The molecule has 3 N–H and O–H groups in total. The van der Waals surface area contributed by atoms with Gasteiger partial charge in [0.25, 0.3) is 6.20 Å². The second-order valence-corrected chi connectivity index (χ2v) is 8.57. The zero-order valence-corrected chi connectivity index (χ0v) is 15.8. The van der Waals surface area contributed by atoms with Crippen LogP contribution in [-0.4, -0.2) is 30.3 Å². The Morgan fingerprint density at radius 3 is 2.81 bits per heavy atom. The molecular weight excluding hydrogens is 352 g/mol. The van der Waals surface area contributed by atoms with Gasteiger partial charge in [-0.05, 0) is 48.6 Å². The normalized spacial score (nSPS) is 31.3. The van der Waals surface area contributed by atoms with E-state index in [1.54, 1.807) is 18.8 Å². The van der Waals surface area contributed by atoms with Gasteiger partial charge < -0.3 is 20.4 Å². The number of hydrogen-bond acceptors (Lipinski definition) is 7. The van der Waals surface area contributed by atoms with Crippen LogP contribution in [0, 0.1) is 33.8 Å². The average molecular weight is 378 g/mol. The van der Waals surface area contributed by atoms with Crippen molar-refractivity contribution in [2.24, 2.45) is 23.7 Å². The van der Waals surface area contributed by atoms with Crippen LogP contribution in [0.3, 0.4) is 0 Å². The third kappa shape index (κ3) is 3.71. The molecule has 26 heavy (non-hydrogen) atoms. The van der Waals surface area contributed by atoms with Gasteiger partial charge in [0.1, 0.15) is 11.5 Å². The van der Waals surface area contributed by atoms with E-state index in [1.165, 1.54) is 12.8 Å². The topological polar surface area (TPSA) is 92.4 Å². The minimum absolute atomic E-state index is 0.421. The van der Waals surface area contributed by atoms with E-state index in [4.69, 9.17) is 4.42 Å². The quantitative estimate of drug-likeness (QED) is 0.309. The van der Waals surface area contributed by atoms with Gasteiger partial charge in [0, 0.05) is 25.4 Å². The lowest BCUT2D eigenvalue weighted by atomic mass is 10.1. The third-order valence-corrected chi connectivity index (χ3v) is 6.99. The fourth-order valence-electron chi connectivity index (χ4n) is 4.92. The summed E-state index contributed by atoms with van der Waals surface area (Å²) in [4.78, 5) is 9.98. The molecule has 7 nitrogen and oxygen atoms in total. The van der Waals surface area contributed by atoms with Crippen LogP contribution in [0.25, 0.3) is 0 Å². The number of thioether (sulfide) groups is 1. The zero-order chi connectivity index (χ0) is 18.1. The molecule has 5 rings (SSSR count). The van der Waals surface area contributed by atoms with Gasteiger partial charge in [-0.1, -0.05) is 0 Å². The molecule has 0 saturated heterocycles. The highest BCUT2D eigenvalue weighted by molar-refractivity contribution is 7.98. The van der Waals surface area contributed by atoms with Crippen LogP contribution < -0.4 is 16.0 Å². The van der Waals surface area contributed by atoms with Gasteiger partial charge in [-0.15, -0.1) is 0 Å². The molecule has 1 heterocycles. The molecule has 3 atom stereocenters. The number of rotatable bonds is 11. The molecule has 4 aliphatic rings. The summed E-state index contributed by atoms with van der Waals surface area (Å²) in [5.74, 6) is 8.05. The van der Waals surface area contributed by atoms with Crippen molar-refractivity contribution in [3.63, 3.8) is 0 Å². The first kappa shape index (κ1) is 17.7. The summed E-state index contributed by atoms with van der Waals surface area (Å²) in [6.07, 6.45) is 3.84.